The Kier molecular flexibility index (Phi) is 4.36. The molecule has 4 nitrogen and oxygen atoms in total. The number of carbonyl (C=O) groups excluding carboxylic acids is 1. The fourth-order valence-corrected chi connectivity index (χ4v) is 5.71. The molecule has 2 saturated heterocycles. The van der Waals surface area contributed by atoms with Crippen LogP contribution in [0.15, 0.2) is 17.5 Å². The van der Waals surface area contributed by atoms with E-state index in [1.165, 1.54) is 4.88 Å². The van der Waals surface area contributed by atoms with Gasteiger partial charge in [-0.25, -0.2) is 8.42 Å². The topological polar surface area (TPSA) is 54.5 Å². The molecule has 0 spiro atoms. The number of piperidine rings is 1. The monoisotopic (exact) mass is 327 g/mol. The van der Waals surface area contributed by atoms with Crippen LogP contribution < -0.4 is 0 Å². The van der Waals surface area contributed by atoms with Crippen LogP contribution in [0.5, 0.6) is 0 Å². The van der Waals surface area contributed by atoms with Crippen molar-refractivity contribution in [2.24, 2.45) is 5.92 Å². The van der Waals surface area contributed by atoms with Crippen molar-refractivity contribution in [2.45, 2.75) is 38.1 Å². The minimum Gasteiger partial charge on any atom is -0.335 e. The lowest BCUT2D eigenvalue weighted by molar-refractivity contribution is -0.139. The zero-order valence-corrected chi connectivity index (χ0v) is 13.7. The number of carbonyl (C=O) groups is 1. The highest BCUT2D eigenvalue weighted by atomic mass is 32.2. The molecule has 0 saturated carbocycles. The average Bonchev–Trinajstić information content (AvgIpc) is 3.01. The van der Waals surface area contributed by atoms with Crippen molar-refractivity contribution in [2.75, 3.05) is 18.1 Å². The fraction of sp³-hybridized carbons (Fsp3) is 0.667. The summed E-state index contributed by atoms with van der Waals surface area (Å²) in [5.74, 6) is 0.402. The average molecular weight is 327 g/mol. The van der Waals surface area contributed by atoms with E-state index in [1.807, 2.05) is 11.0 Å². The maximum Gasteiger partial charge on any atom is 0.226 e. The van der Waals surface area contributed by atoms with Gasteiger partial charge >= 0.3 is 0 Å². The lowest BCUT2D eigenvalue weighted by Gasteiger charge is -2.38. The van der Waals surface area contributed by atoms with E-state index in [9.17, 15) is 13.2 Å². The Morgan fingerprint density at radius 2 is 1.95 bits per heavy atom. The van der Waals surface area contributed by atoms with Crippen molar-refractivity contribution in [3.05, 3.63) is 22.4 Å². The molecule has 116 valence electrons. The van der Waals surface area contributed by atoms with Gasteiger partial charge in [0.2, 0.25) is 5.91 Å². The lowest BCUT2D eigenvalue weighted by atomic mass is 9.95. The van der Waals surface area contributed by atoms with Gasteiger partial charge in [0.05, 0.1) is 17.5 Å². The summed E-state index contributed by atoms with van der Waals surface area (Å²) in [6, 6.07) is 4.33. The summed E-state index contributed by atoms with van der Waals surface area (Å²) >= 11 is 1.71. The summed E-state index contributed by atoms with van der Waals surface area (Å²) in [5, 5.41) is 2.06. The highest BCUT2D eigenvalue weighted by Crippen LogP contribution is 2.35. The Hall–Kier alpha value is -0.880. The smallest absolute Gasteiger partial charge is 0.226 e. The van der Waals surface area contributed by atoms with Crippen LogP contribution in [0, 0.1) is 5.92 Å². The second-order valence-electron chi connectivity index (χ2n) is 5.98. The molecule has 2 fully saturated rings. The standard InChI is InChI=1S/C15H21NO3S2/c17-15(12-6-10-21(18,19)11-7-12)16-8-2-1-4-13(16)14-5-3-9-20-14/h3,5,9,12-13H,1-2,4,6-8,10-11H2. The molecule has 1 unspecified atom stereocenters. The summed E-state index contributed by atoms with van der Waals surface area (Å²) in [7, 11) is -2.91. The summed E-state index contributed by atoms with van der Waals surface area (Å²) in [5.41, 5.74) is 0. The highest BCUT2D eigenvalue weighted by molar-refractivity contribution is 7.91. The fourth-order valence-electron chi connectivity index (χ4n) is 3.34. The van der Waals surface area contributed by atoms with Crippen LogP contribution in [-0.2, 0) is 14.6 Å². The van der Waals surface area contributed by atoms with E-state index < -0.39 is 9.84 Å². The molecule has 0 N–H and O–H groups in total. The van der Waals surface area contributed by atoms with Crippen molar-refractivity contribution in [3.63, 3.8) is 0 Å². The van der Waals surface area contributed by atoms with Crippen molar-refractivity contribution in [1.29, 1.82) is 0 Å². The van der Waals surface area contributed by atoms with Crippen LogP contribution in [0.25, 0.3) is 0 Å². The van der Waals surface area contributed by atoms with E-state index in [0.717, 1.165) is 25.8 Å². The Balaban J connectivity index is 1.73. The van der Waals surface area contributed by atoms with Crippen molar-refractivity contribution in [3.8, 4) is 0 Å². The molecule has 1 atom stereocenters. The number of rotatable bonds is 2. The van der Waals surface area contributed by atoms with Crippen LogP contribution in [0.2, 0.25) is 0 Å². The maximum atomic E-state index is 12.8. The van der Waals surface area contributed by atoms with Crippen molar-refractivity contribution >= 4 is 27.1 Å². The molecule has 0 aliphatic carbocycles. The summed E-state index contributed by atoms with van der Waals surface area (Å²) in [6.45, 7) is 0.810. The van der Waals surface area contributed by atoms with Gasteiger partial charge in [-0.15, -0.1) is 11.3 Å². The van der Waals surface area contributed by atoms with Gasteiger partial charge in [-0.3, -0.25) is 4.79 Å². The number of nitrogens with zero attached hydrogens (tertiary/aromatic N) is 1. The quantitative estimate of drug-likeness (QED) is 0.839. The van der Waals surface area contributed by atoms with Gasteiger partial charge in [-0.05, 0) is 43.6 Å². The van der Waals surface area contributed by atoms with E-state index >= 15 is 0 Å². The second-order valence-corrected chi connectivity index (χ2v) is 9.27. The first-order valence-electron chi connectivity index (χ1n) is 7.61. The molecule has 21 heavy (non-hydrogen) atoms. The number of amides is 1. The molecule has 2 aliphatic rings. The SMILES string of the molecule is O=C(C1CCS(=O)(=O)CC1)N1CCCCC1c1cccs1. The van der Waals surface area contributed by atoms with Crippen LogP contribution >= 0.6 is 11.3 Å². The molecular formula is C15H21NO3S2. The molecule has 3 heterocycles. The minimum atomic E-state index is -2.91. The number of hydrogen-bond acceptors (Lipinski definition) is 4. The molecule has 2 aliphatic heterocycles. The van der Waals surface area contributed by atoms with E-state index in [-0.39, 0.29) is 29.4 Å². The number of thiophene rings is 1. The van der Waals surface area contributed by atoms with E-state index in [1.54, 1.807) is 11.3 Å². The molecule has 6 heteroatoms. The third kappa shape index (κ3) is 3.31. The second kappa shape index (κ2) is 6.08. The van der Waals surface area contributed by atoms with E-state index in [0.29, 0.717) is 12.8 Å². The molecule has 3 rings (SSSR count). The molecule has 0 aromatic carbocycles. The molecule has 0 radical (unpaired) electrons. The number of sulfone groups is 1. The normalized spacial score (nSPS) is 26.7. The molecule has 0 bridgehead atoms. The summed E-state index contributed by atoms with van der Waals surface area (Å²) in [4.78, 5) is 16.1. The molecule has 1 aromatic rings. The Morgan fingerprint density at radius 3 is 2.62 bits per heavy atom. The van der Waals surface area contributed by atoms with Gasteiger partial charge in [0.15, 0.2) is 0 Å². The van der Waals surface area contributed by atoms with Crippen LogP contribution in [0.3, 0.4) is 0 Å². The number of hydrogen-bond donors (Lipinski definition) is 0. The van der Waals surface area contributed by atoms with E-state index in [4.69, 9.17) is 0 Å². The van der Waals surface area contributed by atoms with Crippen LogP contribution in [0.1, 0.15) is 43.0 Å². The molecule has 1 aromatic heterocycles. The van der Waals surface area contributed by atoms with Gasteiger partial charge in [0, 0.05) is 17.3 Å². The third-order valence-corrected chi connectivity index (χ3v) is 7.25. The first-order chi connectivity index (χ1) is 10.1. The third-order valence-electron chi connectivity index (χ3n) is 4.56. The predicted molar refractivity (Wildman–Crippen MR) is 84.0 cm³/mol. The zero-order valence-electron chi connectivity index (χ0n) is 12.0. The summed E-state index contributed by atoms with van der Waals surface area (Å²) < 4.78 is 23.0. The largest absolute Gasteiger partial charge is 0.335 e. The zero-order chi connectivity index (χ0) is 14.9. The Morgan fingerprint density at radius 1 is 1.19 bits per heavy atom. The lowest BCUT2D eigenvalue weighted by Crippen LogP contribution is -2.43. The van der Waals surface area contributed by atoms with Gasteiger partial charge in [-0.2, -0.15) is 0 Å². The van der Waals surface area contributed by atoms with Crippen LogP contribution in [0.4, 0.5) is 0 Å². The summed E-state index contributed by atoms with van der Waals surface area (Å²) in [6.07, 6.45) is 4.23. The molecule has 1 amide bonds. The minimum absolute atomic E-state index is 0.103. The maximum absolute atomic E-state index is 12.8. The number of likely N-dealkylation sites (tertiary alicyclic amines) is 1. The van der Waals surface area contributed by atoms with Gasteiger partial charge in [0.25, 0.3) is 0 Å². The Bertz CT molecular complexity index is 580. The van der Waals surface area contributed by atoms with Gasteiger partial charge in [-0.1, -0.05) is 6.07 Å². The first-order valence-corrected chi connectivity index (χ1v) is 10.3. The van der Waals surface area contributed by atoms with Crippen LogP contribution in [-0.4, -0.2) is 37.3 Å². The Labute approximate surface area is 130 Å². The van der Waals surface area contributed by atoms with Crippen molar-refractivity contribution in [1.82, 2.24) is 4.90 Å². The van der Waals surface area contributed by atoms with E-state index in [2.05, 4.69) is 11.4 Å². The van der Waals surface area contributed by atoms with Gasteiger partial charge < -0.3 is 4.90 Å². The van der Waals surface area contributed by atoms with Crippen molar-refractivity contribution < 1.29 is 13.2 Å². The predicted octanol–water partition coefficient (Wildman–Crippen LogP) is 2.63. The highest BCUT2D eigenvalue weighted by Gasteiger charge is 2.35. The first kappa shape index (κ1) is 15.0. The van der Waals surface area contributed by atoms with Gasteiger partial charge in [0.1, 0.15) is 9.84 Å². The molecular weight excluding hydrogens is 306 g/mol.